The second-order valence-electron chi connectivity index (χ2n) is 16.9. The van der Waals surface area contributed by atoms with Crippen molar-refractivity contribution < 1.29 is 34.1 Å². The predicted molar refractivity (Wildman–Crippen MR) is 290 cm³/mol. The molecule has 10 rings (SSSR count). The number of carbonyl (C=O) groups is 4. The van der Waals surface area contributed by atoms with Gasteiger partial charge in [0.2, 0.25) is 0 Å². The van der Waals surface area contributed by atoms with Crippen LogP contribution in [0.15, 0.2) is 239 Å². The molecule has 0 aliphatic rings. The average Bonchev–Trinajstić information content (AvgIpc) is 3.44. The number of amides is 4. The molecule has 0 atom stereocenters. The molecule has 15 heteroatoms. The number of nitrogens with one attached hydrogen (secondary N) is 4. The summed E-state index contributed by atoms with van der Waals surface area (Å²) in [4.78, 5) is 53.7. The van der Waals surface area contributed by atoms with Crippen LogP contribution in [-0.4, -0.2) is 33.8 Å². The van der Waals surface area contributed by atoms with Crippen molar-refractivity contribution in [3.05, 3.63) is 241 Å². The Hall–Kier alpha value is -10.8. The lowest BCUT2D eigenvalue weighted by Crippen LogP contribution is -2.13. The van der Waals surface area contributed by atoms with E-state index in [4.69, 9.17) is 4.74 Å². The van der Waals surface area contributed by atoms with Crippen molar-refractivity contribution in [3.63, 3.8) is 0 Å². The Kier molecular flexibility index (Phi) is 13.8. The minimum absolute atomic E-state index is 0.0284. The Bertz CT molecular complexity index is 3570. The molecular weight excluding hydrogens is 945 g/mol. The quantitative estimate of drug-likeness (QED) is 0.0579. The Morgan fingerprint density at radius 2 is 0.667 bits per heavy atom. The van der Waals surface area contributed by atoms with Crippen LogP contribution in [0.1, 0.15) is 41.4 Å². The molecule has 0 unspecified atom stereocenters. The zero-order chi connectivity index (χ0) is 51.7. The second kappa shape index (κ2) is 21.7. The van der Waals surface area contributed by atoms with Gasteiger partial charge < -0.3 is 36.2 Å². The summed E-state index contributed by atoms with van der Waals surface area (Å²) in [5, 5.41) is 53.9. The third kappa shape index (κ3) is 11.2. The number of rotatable bonds is 14. The van der Waals surface area contributed by atoms with Crippen molar-refractivity contribution in [2.75, 3.05) is 21.3 Å². The van der Waals surface area contributed by atoms with Gasteiger partial charge in [0.05, 0.1) is 22.5 Å². The number of hydrogen-bond acceptors (Lipinski definition) is 11. The number of ether oxygens (including phenoxy) is 1. The van der Waals surface area contributed by atoms with E-state index in [1.54, 1.807) is 158 Å². The van der Waals surface area contributed by atoms with Gasteiger partial charge in [0.1, 0.15) is 22.9 Å². The number of aromatic hydroxyl groups is 2. The first-order valence-electron chi connectivity index (χ1n) is 23.4. The first-order chi connectivity index (χ1) is 36.6. The molecular formula is C60H42N8O7. The number of azo groups is 2. The standard InChI is InChI=1S/C60H42N8O7/c69-55-51(59(73)63-43-17-9-3-10-18-43)35-39-33-37(57(71)61-41-13-5-1-6-14-41)21-31-49(39)53(55)67-65-45-23-27-47(28-24-45)75-48-29-25-46(26-30-48)66-68-54-50-32-22-38(58(72)62-42-15-7-2-8-16-42)34-40(50)36-52(56(54)70)60(74)64-44-19-11-4-12-20-44/h1-36,69-70H,(H,61,71)(H,62,72)(H,63,73)(H,64,74). The molecule has 0 heterocycles. The molecule has 15 nitrogen and oxygen atoms in total. The van der Waals surface area contributed by atoms with E-state index in [-0.39, 0.29) is 34.3 Å². The van der Waals surface area contributed by atoms with E-state index < -0.39 is 23.3 Å². The molecule has 75 heavy (non-hydrogen) atoms. The van der Waals surface area contributed by atoms with Crippen LogP contribution in [0.5, 0.6) is 23.0 Å². The lowest BCUT2D eigenvalue weighted by atomic mass is 10.0. The fraction of sp³-hybridized carbons (Fsp3) is 0. The molecule has 6 N–H and O–H groups in total. The van der Waals surface area contributed by atoms with Crippen molar-refractivity contribution in [3.8, 4) is 23.0 Å². The van der Waals surface area contributed by atoms with Gasteiger partial charge in [-0.3, -0.25) is 19.2 Å². The lowest BCUT2D eigenvalue weighted by molar-refractivity contribution is 0.101. The highest BCUT2D eigenvalue weighted by molar-refractivity contribution is 6.15. The summed E-state index contributed by atoms with van der Waals surface area (Å²) in [7, 11) is 0. The van der Waals surface area contributed by atoms with Crippen molar-refractivity contribution in [2.24, 2.45) is 20.5 Å². The zero-order valence-corrected chi connectivity index (χ0v) is 39.5. The van der Waals surface area contributed by atoms with E-state index in [2.05, 4.69) is 41.7 Å². The molecule has 4 amide bonds. The van der Waals surface area contributed by atoms with Crippen LogP contribution < -0.4 is 26.0 Å². The maximum atomic E-state index is 13.6. The molecule has 0 bridgehead atoms. The smallest absolute Gasteiger partial charge is 0.259 e. The molecule has 10 aromatic carbocycles. The Labute approximate surface area is 428 Å². The van der Waals surface area contributed by atoms with E-state index in [0.717, 1.165) is 0 Å². The van der Waals surface area contributed by atoms with Crippen molar-refractivity contribution in [1.29, 1.82) is 0 Å². The molecule has 0 radical (unpaired) electrons. The fourth-order valence-electron chi connectivity index (χ4n) is 7.99. The van der Waals surface area contributed by atoms with Crippen LogP contribution in [-0.2, 0) is 0 Å². The van der Waals surface area contributed by atoms with Crippen LogP contribution in [0.4, 0.5) is 45.5 Å². The molecule has 0 saturated carbocycles. The summed E-state index contributed by atoms with van der Waals surface area (Å²) in [5.41, 5.74) is 3.67. The Morgan fingerprint density at radius 1 is 0.347 bits per heavy atom. The fourth-order valence-corrected chi connectivity index (χ4v) is 7.99. The van der Waals surface area contributed by atoms with Crippen LogP contribution in [0.2, 0.25) is 0 Å². The van der Waals surface area contributed by atoms with Gasteiger partial charge in [0.15, 0.2) is 11.5 Å². The Morgan fingerprint density at radius 3 is 1.00 bits per heavy atom. The van der Waals surface area contributed by atoms with E-state index in [0.29, 0.717) is 78.3 Å². The van der Waals surface area contributed by atoms with Gasteiger partial charge in [-0.25, -0.2) is 0 Å². The van der Waals surface area contributed by atoms with Gasteiger partial charge in [-0.05, 0) is 144 Å². The minimum Gasteiger partial charge on any atom is -0.505 e. The topological polar surface area (TPSA) is 216 Å². The number of benzene rings is 10. The van der Waals surface area contributed by atoms with Gasteiger partial charge in [-0.2, -0.15) is 10.2 Å². The van der Waals surface area contributed by atoms with Crippen LogP contribution >= 0.6 is 0 Å². The zero-order valence-electron chi connectivity index (χ0n) is 39.5. The van der Waals surface area contributed by atoms with Crippen LogP contribution in [0, 0.1) is 0 Å². The number of hydrogen-bond donors (Lipinski definition) is 6. The van der Waals surface area contributed by atoms with Gasteiger partial charge >= 0.3 is 0 Å². The average molecular weight is 987 g/mol. The summed E-state index contributed by atoms with van der Waals surface area (Å²) >= 11 is 0. The van der Waals surface area contributed by atoms with Gasteiger partial charge in [0, 0.05) is 44.6 Å². The monoisotopic (exact) mass is 986 g/mol. The molecule has 0 aliphatic carbocycles. The Balaban J connectivity index is 0.869. The SMILES string of the molecule is O=C(Nc1ccccc1)c1ccc2c(N=Nc3ccc(Oc4ccc(N=Nc5c(O)c(C(=O)Nc6ccccc6)cc6cc(C(=O)Nc7ccccc7)ccc56)cc4)cc3)c(O)c(C(=O)Nc3ccccc3)cc2c1. The number of nitrogens with zero attached hydrogens (tertiary/aromatic N) is 4. The molecule has 10 aromatic rings. The predicted octanol–water partition coefficient (Wildman–Crippen LogP) is 15.0. The summed E-state index contributed by atoms with van der Waals surface area (Å²) in [6, 6.07) is 61.9. The number of carbonyl (C=O) groups excluding carboxylic acids is 4. The van der Waals surface area contributed by atoms with Crippen molar-refractivity contribution in [1.82, 2.24) is 0 Å². The molecule has 0 spiro atoms. The maximum Gasteiger partial charge on any atom is 0.259 e. The third-order valence-corrected chi connectivity index (χ3v) is 11.8. The van der Waals surface area contributed by atoms with Crippen LogP contribution in [0.3, 0.4) is 0 Å². The molecule has 0 aromatic heterocycles. The van der Waals surface area contributed by atoms with E-state index in [1.807, 2.05) is 48.5 Å². The number of fused-ring (bicyclic) bond motifs is 2. The van der Waals surface area contributed by atoms with Crippen LogP contribution in [0.25, 0.3) is 21.5 Å². The van der Waals surface area contributed by atoms with Gasteiger partial charge in [-0.15, -0.1) is 10.2 Å². The second-order valence-corrected chi connectivity index (χ2v) is 16.9. The van der Waals surface area contributed by atoms with Crippen molar-refractivity contribution >= 4 is 90.7 Å². The number of para-hydroxylation sites is 4. The molecule has 364 valence electrons. The highest BCUT2D eigenvalue weighted by Gasteiger charge is 2.22. The number of anilines is 4. The lowest BCUT2D eigenvalue weighted by Gasteiger charge is -2.12. The number of phenolic OH excluding ortho intramolecular Hbond substituents is 2. The summed E-state index contributed by atoms with van der Waals surface area (Å²) < 4.78 is 6.11. The summed E-state index contributed by atoms with van der Waals surface area (Å²) in [6.07, 6.45) is 0. The first kappa shape index (κ1) is 47.9. The number of phenols is 2. The molecule has 0 saturated heterocycles. The summed E-state index contributed by atoms with van der Waals surface area (Å²) in [5.74, 6) is -1.74. The summed E-state index contributed by atoms with van der Waals surface area (Å²) in [6.45, 7) is 0. The molecule has 0 fully saturated rings. The van der Waals surface area contributed by atoms with E-state index in [9.17, 15) is 29.4 Å². The van der Waals surface area contributed by atoms with Gasteiger partial charge in [0.25, 0.3) is 23.6 Å². The van der Waals surface area contributed by atoms with Crippen molar-refractivity contribution in [2.45, 2.75) is 0 Å². The van der Waals surface area contributed by atoms with E-state index in [1.165, 1.54) is 12.1 Å². The normalized spacial score (nSPS) is 11.1. The molecule has 0 aliphatic heterocycles. The maximum absolute atomic E-state index is 13.6. The third-order valence-electron chi connectivity index (χ3n) is 11.8. The van der Waals surface area contributed by atoms with E-state index >= 15 is 0 Å². The largest absolute Gasteiger partial charge is 0.505 e. The highest BCUT2D eigenvalue weighted by Crippen LogP contribution is 2.42. The minimum atomic E-state index is -0.584. The van der Waals surface area contributed by atoms with Gasteiger partial charge in [-0.1, -0.05) is 84.9 Å². The first-order valence-corrected chi connectivity index (χ1v) is 23.4. The highest BCUT2D eigenvalue weighted by atomic mass is 16.5.